The van der Waals surface area contributed by atoms with E-state index in [4.69, 9.17) is 9.72 Å². The van der Waals surface area contributed by atoms with Crippen molar-refractivity contribution in [3.63, 3.8) is 0 Å². The summed E-state index contributed by atoms with van der Waals surface area (Å²) in [6, 6.07) is 0. The van der Waals surface area contributed by atoms with Crippen LogP contribution in [0.15, 0.2) is 5.38 Å². The fraction of sp³-hybridized carbons (Fsp3) is 0.800. The van der Waals surface area contributed by atoms with Gasteiger partial charge in [0, 0.05) is 11.9 Å². The van der Waals surface area contributed by atoms with E-state index in [1.165, 1.54) is 31.6 Å². The van der Waals surface area contributed by atoms with Gasteiger partial charge in [-0.3, -0.25) is 0 Å². The van der Waals surface area contributed by atoms with Crippen LogP contribution in [-0.2, 0) is 4.74 Å². The summed E-state index contributed by atoms with van der Waals surface area (Å²) in [6.45, 7) is 9.81. The number of hydrogen-bond donors (Lipinski definition) is 0. The summed E-state index contributed by atoms with van der Waals surface area (Å²) < 4.78 is 6.30. The third kappa shape index (κ3) is 1.98. The summed E-state index contributed by atoms with van der Waals surface area (Å²) in [5.41, 5.74) is 1.29. The Morgan fingerprint density at radius 1 is 1.35 bits per heavy atom. The molecule has 1 aromatic rings. The average molecular weight is 293 g/mol. The van der Waals surface area contributed by atoms with Crippen LogP contribution < -0.4 is 4.90 Å². The minimum absolute atomic E-state index is 0.0835. The van der Waals surface area contributed by atoms with Gasteiger partial charge >= 0.3 is 0 Å². The Hall–Kier alpha value is -0.650. The molecular formula is C15H23N3OS. The van der Waals surface area contributed by atoms with E-state index in [1.54, 1.807) is 11.3 Å². The van der Waals surface area contributed by atoms with Gasteiger partial charge in [-0.25, -0.2) is 4.98 Å². The maximum Gasteiger partial charge on any atom is 0.187 e. The molecule has 1 aromatic heterocycles. The van der Waals surface area contributed by atoms with Crippen molar-refractivity contribution in [2.24, 2.45) is 5.92 Å². The van der Waals surface area contributed by atoms with Crippen molar-refractivity contribution in [3.8, 4) is 0 Å². The first-order valence-electron chi connectivity index (χ1n) is 7.73. The molecule has 0 N–H and O–H groups in total. The highest BCUT2D eigenvalue weighted by Gasteiger charge is 2.52. The number of aromatic nitrogens is 1. The van der Waals surface area contributed by atoms with E-state index in [1.807, 2.05) is 0 Å². The lowest BCUT2D eigenvalue weighted by molar-refractivity contribution is -0.116. The highest BCUT2D eigenvalue weighted by atomic mass is 32.1. The third-order valence-corrected chi connectivity index (χ3v) is 6.08. The second-order valence-electron chi connectivity index (χ2n) is 6.80. The molecule has 4 aliphatic rings. The van der Waals surface area contributed by atoms with Crippen LogP contribution in [0.3, 0.4) is 0 Å². The number of thiazole rings is 1. The van der Waals surface area contributed by atoms with Crippen molar-refractivity contribution >= 4 is 16.5 Å². The summed E-state index contributed by atoms with van der Waals surface area (Å²) in [7, 11) is 0. The predicted octanol–water partition coefficient (Wildman–Crippen LogP) is 2.53. The van der Waals surface area contributed by atoms with Gasteiger partial charge < -0.3 is 14.5 Å². The summed E-state index contributed by atoms with van der Waals surface area (Å²) in [5.74, 6) is 1.26. The highest BCUT2D eigenvalue weighted by molar-refractivity contribution is 7.13. The molecule has 4 saturated heterocycles. The molecule has 5 heteroatoms. The summed E-state index contributed by atoms with van der Waals surface area (Å²) in [5, 5.41) is 3.34. The smallest absolute Gasteiger partial charge is 0.187 e. The molecule has 1 atom stereocenters. The monoisotopic (exact) mass is 293 g/mol. The lowest BCUT2D eigenvalue weighted by Gasteiger charge is -2.50. The Labute approximate surface area is 124 Å². The van der Waals surface area contributed by atoms with Gasteiger partial charge in [0.15, 0.2) is 5.13 Å². The lowest BCUT2D eigenvalue weighted by atomic mass is 9.75. The molecule has 4 nitrogen and oxygen atoms in total. The van der Waals surface area contributed by atoms with E-state index >= 15 is 0 Å². The van der Waals surface area contributed by atoms with Crippen molar-refractivity contribution in [3.05, 3.63) is 11.1 Å². The number of rotatable bonds is 2. The number of piperidine rings is 3. The Morgan fingerprint density at radius 2 is 2.15 bits per heavy atom. The Balaban J connectivity index is 1.52. The van der Waals surface area contributed by atoms with Gasteiger partial charge in [-0.15, -0.1) is 11.3 Å². The fourth-order valence-corrected chi connectivity index (χ4v) is 4.87. The molecule has 0 radical (unpaired) electrons. The molecule has 0 amide bonds. The molecule has 0 aromatic carbocycles. The van der Waals surface area contributed by atoms with Gasteiger partial charge in [-0.05, 0) is 37.8 Å². The summed E-state index contributed by atoms with van der Waals surface area (Å²) >= 11 is 1.76. The van der Waals surface area contributed by atoms with Crippen LogP contribution in [0.1, 0.15) is 38.3 Å². The minimum atomic E-state index is 0.0835. The van der Waals surface area contributed by atoms with Gasteiger partial charge in [0.25, 0.3) is 0 Å². The first kappa shape index (κ1) is 13.0. The first-order valence-corrected chi connectivity index (χ1v) is 8.61. The largest absolute Gasteiger partial charge is 0.351 e. The number of fused-ring (bicyclic) bond motifs is 2. The van der Waals surface area contributed by atoms with Gasteiger partial charge in [-0.2, -0.15) is 0 Å². The molecule has 5 rings (SSSR count). The zero-order valence-electron chi connectivity index (χ0n) is 12.3. The van der Waals surface area contributed by atoms with E-state index in [9.17, 15) is 0 Å². The Morgan fingerprint density at radius 3 is 2.75 bits per heavy atom. The maximum atomic E-state index is 6.30. The average Bonchev–Trinajstić information content (AvgIpc) is 3.07. The van der Waals surface area contributed by atoms with Crippen LogP contribution in [0.4, 0.5) is 5.13 Å². The minimum Gasteiger partial charge on any atom is -0.351 e. The number of anilines is 1. The molecule has 110 valence electrons. The third-order valence-electron chi connectivity index (χ3n) is 5.16. The molecule has 2 bridgehead atoms. The topological polar surface area (TPSA) is 28.6 Å². The number of hydrogen-bond acceptors (Lipinski definition) is 5. The summed E-state index contributed by atoms with van der Waals surface area (Å²) in [4.78, 5) is 9.70. The van der Waals surface area contributed by atoms with Crippen LogP contribution in [0.2, 0.25) is 0 Å². The quantitative estimate of drug-likeness (QED) is 0.838. The van der Waals surface area contributed by atoms with Crippen LogP contribution >= 0.6 is 11.3 Å². The summed E-state index contributed by atoms with van der Waals surface area (Å²) in [6.07, 6.45) is 2.62. The molecule has 4 fully saturated rings. The number of nitrogens with zero attached hydrogens (tertiary/aromatic N) is 3. The van der Waals surface area contributed by atoms with Crippen LogP contribution in [0, 0.1) is 5.92 Å². The molecule has 4 aliphatic heterocycles. The van der Waals surface area contributed by atoms with E-state index in [0.717, 1.165) is 30.9 Å². The fourth-order valence-electron chi connectivity index (χ4n) is 3.90. The maximum absolute atomic E-state index is 6.30. The molecule has 0 saturated carbocycles. The second-order valence-corrected chi connectivity index (χ2v) is 7.63. The van der Waals surface area contributed by atoms with Crippen LogP contribution in [-0.4, -0.2) is 48.4 Å². The lowest BCUT2D eigenvalue weighted by Crippen LogP contribution is -2.61. The predicted molar refractivity (Wildman–Crippen MR) is 81.4 cm³/mol. The SMILES string of the molecule is CC(C)c1csc(N2CO[C@]3(CN4CCC3CC4)C2)n1. The molecule has 0 aliphatic carbocycles. The van der Waals surface area contributed by atoms with Crippen molar-refractivity contribution < 1.29 is 4.74 Å². The Bertz CT molecular complexity index is 495. The van der Waals surface area contributed by atoms with Crippen molar-refractivity contribution in [2.45, 2.75) is 38.2 Å². The molecule has 5 heterocycles. The molecule has 1 spiro atoms. The van der Waals surface area contributed by atoms with Gasteiger partial charge in [-0.1, -0.05) is 13.8 Å². The standard InChI is InChI=1S/C15H23N3OS/c1-11(2)13-7-20-14(16-13)18-9-15(19-10-18)8-17-5-3-12(15)4-6-17/h7,11-12H,3-6,8-10H2,1-2H3/t15-/m1/s1. The van der Waals surface area contributed by atoms with Gasteiger partial charge in [0.05, 0.1) is 12.2 Å². The van der Waals surface area contributed by atoms with Gasteiger partial charge in [0.2, 0.25) is 0 Å². The highest BCUT2D eigenvalue weighted by Crippen LogP contribution is 2.43. The molecule has 20 heavy (non-hydrogen) atoms. The molecule has 0 unspecified atom stereocenters. The number of ether oxygens (including phenoxy) is 1. The van der Waals surface area contributed by atoms with Crippen LogP contribution in [0.5, 0.6) is 0 Å². The Kier molecular flexibility index (Phi) is 3.05. The first-order chi connectivity index (χ1) is 9.66. The zero-order chi connectivity index (χ0) is 13.7. The zero-order valence-corrected chi connectivity index (χ0v) is 13.2. The van der Waals surface area contributed by atoms with Crippen LogP contribution in [0.25, 0.3) is 0 Å². The van der Waals surface area contributed by atoms with E-state index in [-0.39, 0.29) is 5.60 Å². The van der Waals surface area contributed by atoms with Crippen molar-refractivity contribution in [1.29, 1.82) is 0 Å². The normalized spacial score (nSPS) is 36.5. The van der Waals surface area contributed by atoms with E-state index < -0.39 is 0 Å². The van der Waals surface area contributed by atoms with E-state index in [2.05, 4.69) is 29.0 Å². The van der Waals surface area contributed by atoms with Crippen molar-refractivity contribution in [2.75, 3.05) is 37.8 Å². The second kappa shape index (κ2) is 4.68. The van der Waals surface area contributed by atoms with E-state index in [0.29, 0.717) is 5.92 Å². The van der Waals surface area contributed by atoms with Crippen molar-refractivity contribution in [1.82, 2.24) is 9.88 Å². The van der Waals surface area contributed by atoms with Gasteiger partial charge in [0.1, 0.15) is 12.3 Å². The molecular weight excluding hydrogens is 270 g/mol.